The van der Waals surface area contributed by atoms with Crippen LogP contribution in [0.1, 0.15) is 11.1 Å². The van der Waals surface area contributed by atoms with Gasteiger partial charge in [0.05, 0.1) is 18.7 Å². The topological polar surface area (TPSA) is 59.0 Å². The molecule has 0 amide bonds. The van der Waals surface area contributed by atoms with Crippen LogP contribution in [0.3, 0.4) is 0 Å². The molecule has 0 aromatic heterocycles. The zero-order chi connectivity index (χ0) is 9.68. The quantitative estimate of drug-likeness (QED) is 0.826. The van der Waals surface area contributed by atoms with Gasteiger partial charge in [0.1, 0.15) is 5.75 Å². The standard InChI is InChI=1S/C10H12N2O.ClH/c1-13-10-6-8(7-12)2-3-9(10)4-5-11;/h2-3,6H,4-5,11H2,1H3;1H. The summed E-state index contributed by atoms with van der Waals surface area (Å²) < 4.78 is 5.13. The summed E-state index contributed by atoms with van der Waals surface area (Å²) >= 11 is 0. The second-order valence-corrected chi connectivity index (χ2v) is 2.68. The minimum atomic E-state index is 0. The highest BCUT2D eigenvalue weighted by Gasteiger charge is 2.02. The molecule has 1 aromatic carbocycles. The zero-order valence-corrected chi connectivity index (χ0v) is 8.80. The van der Waals surface area contributed by atoms with E-state index in [0.717, 1.165) is 17.7 Å². The van der Waals surface area contributed by atoms with Gasteiger partial charge in [0.2, 0.25) is 0 Å². The van der Waals surface area contributed by atoms with Gasteiger partial charge in [0.25, 0.3) is 0 Å². The Kier molecular flexibility index (Phi) is 5.70. The van der Waals surface area contributed by atoms with Crippen molar-refractivity contribution in [2.75, 3.05) is 13.7 Å². The van der Waals surface area contributed by atoms with Crippen LogP contribution in [0.2, 0.25) is 0 Å². The summed E-state index contributed by atoms with van der Waals surface area (Å²) in [5, 5.41) is 8.65. The van der Waals surface area contributed by atoms with Crippen LogP contribution in [-0.4, -0.2) is 13.7 Å². The molecule has 3 nitrogen and oxygen atoms in total. The summed E-state index contributed by atoms with van der Waals surface area (Å²) in [5.41, 5.74) is 7.09. The molecule has 0 aliphatic carbocycles. The highest BCUT2D eigenvalue weighted by molar-refractivity contribution is 5.85. The minimum absolute atomic E-state index is 0. The Morgan fingerprint density at radius 3 is 2.71 bits per heavy atom. The Bertz CT molecular complexity index is 333. The fourth-order valence-electron chi connectivity index (χ4n) is 1.18. The van der Waals surface area contributed by atoms with E-state index in [4.69, 9.17) is 15.7 Å². The fraction of sp³-hybridized carbons (Fsp3) is 0.300. The van der Waals surface area contributed by atoms with Gasteiger partial charge >= 0.3 is 0 Å². The maximum Gasteiger partial charge on any atom is 0.123 e. The van der Waals surface area contributed by atoms with Gasteiger partial charge in [0.15, 0.2) is 0 Å². The number of ether oxygens (including phenoxy) is 1. The summed E-state index contributed by atoms with van der Waals surface area (Å²) in [4.78, 5) is 0. The van der Waals surface area contributed by atoms with E-state index >= 15 is 0 Å². The third-order valence-corrected chi connectivity index (χ3v) is 1.83. The maximum atomic E-state index is 8.65. The van der Waals surface area contributed by atoms with Crippen LogP contribution in [0.5, 0.6) is 5.75 Å². The molecule has 76 valence electrons. The van der Waals surface area contributed by atoms with Gasteiger partial charge in [-0.1, -0.05) is 6.07 Å². The van der Waals surface area contributed by atoms with Crippen LogP contribution < -0.4 is 10.5 Å². The van der Waals surface area contributed by atoms with Crippen molar-refractivity contribution in [3.63, 3.8) is 0 Å². The highest BCUT2D eigenvalue weighted by Crippen LogP contribution is 2.19. The lowest BCUT2D eigenvalue weighted by atomic mass is 10.1. The maximum absolute atomic E-state index is 8.65. The van der Waals surface area contributed by atoms with Crippen LogP contribution in [0.15, 0.2) is 18.2 Å². The summed E-state index contributed by atoms with van der Waals surface area (Å²) in [6, 6.07) is 7.44. The predicted molar refractivity (Wildman–Crippen MR) is 57.7 cm³/mol. The molecule has 0 atom stereocenters. The van der Waals surface area contributed by atoms with Crippen molar-refractivity contribution in [1.29, 1.82) is 5.26 Å². The SMILES string of the molecule is COc1cc(C#N)ccc1CCN.Cl. The molecule has 0 saturated carbocycles. The molecule has 14 heavy (non-hydrogen) atoms. The second-order valence-electron chi connectivity index (χ2n) is 2.68. The Morgan fingerprint density at radius 1 is 1.50 bits per heavy atom. The van der Waals surface area contributed by atoms with Crippen molar-refractivity contribution >= 4 is 12.4 Å². The van der Waals surface area contributed by atoms with Crippen molar-refractivity contribution in [3.8, 4) is 11.8 Å². The molecular weight excluding hydrogens is 200 g/mol. The molecular formula is C10H13ClN2O. The molecule has 1 aromatic rings. The number of hydrogen-bond acceptors (Lipinski definition) is 3. The molecule has 0 heterocycles. The number of hydrogen-bond donors (Lipinski definition) is 1. The van der Waals surface area contributed by atoms with Crippen molar-refractivity contribution in [2.45, 2.75) is 6.42 Å². The second kappa shape index (κ2) is 6.25. The smallest absolute Gasteiger partial charge is 0.123 e. The summed E-state index contributed by atoms with van der Waals surface area (Å²) in [5.74, 6) is 0.740. The summed E-state index contributed by atoms with van der Waals surface area (Å²) in [6.45, 7) is 0.586. The first kappa shape index (κ1) is 12.8. The van der Waals surface area contributed by atoms with E-state index in [2.05, 4.69) is 6.07 Å². The van der Waals surface area contributed by atoms with Gasteiger partial charge in [0, 0.05) is 0 Å². The molecule has 4 heteroatoms. The first-order valence-corrected chi connectivity index (χ1v) is 4.09. The molecule has 1 rings (SSSR count). The lowest BCUT2D eigenvalue weighted by molar-refractivity contribution is 0.409. The average Bonchev–Trinajstić information content (AvgIpc) is 2.19. The Balaban J connectivity index is 0.00000169. The van der Waals surface area contributed by atoms with E-state index in [1.54, 1.807) is 19.2 Å². The first-order valence-electron chi connectivity index (χ1n) is 4.09. The Morgan fingerprint density at radius 2 is 2.21 bits per heavy atom. The van der Waals surface area contributed by atoms with Gasteiger partial charge in [-0.15, -0.1) is 12.4 Å². The van der Waals surface area contributed by atoms with Crippen molar-refractivity contribution < 1.29 is 4.74 Å². The molecule has 0 bridgehead atoms. The van der Waals surface area contributed by atoms with Crippen LogP contribution in [0.25, 0.3) is 0 Å². The lowest BCUT2D eigenvalue weighted by Crippen LogP contribution is -2.04. The Hall–Kier alpha value is -1.24. The fourth-order valence-corrected chi connectivity index (χ4v) is 1.18. The van der Waals surface area contributed by atoms with Crippen LogP contribution in [-0.2, 0) is 6.42 Å². The van der Waals surface area contributed by atoms with E-state index in [9.17, 15) is 0 Å². The number of methoxy groups -OCH3 is 1. The van der Waals surface area contributed by atoms with E-state index in [1.807, 2.05) is 6.07 Å². The van der Waals surface area contributed by atoms with Gasteiger partial charge in [-0.05, 0) is 30.7 Å². The largest absolute Gasteiger partial charge is 0.496 e. The minimum Gasteiger partial charge on any atom is -0.496 e. The number of halogens is 1. The normalized spacial score (nSPS) is 8.64. The number of nitrogens with zero attached hydrogens (tertiary/aromatic N) is 1. The molecule has 0 fully saturated rings. The summed E-state index contributed by atoms with van der Waals surface area (Å²) in [7, 11) is 1.59. The van der Waals surface area contributed by atoms with Gasteiger partial charge < -0.3 is 10.5 Å². The number of rotatable bonds is 3. The van der Waals surface area contributed by atoms with Crippen LogP contribution in [0, 0.1) is 11.3 Å². The van der Waals surface area contributed by atoms with E-state index in [-0.39, 0.29) is 12.4 Å². The van der Waals surface area contributed by atoms with Gasteiger partial charge in [-0.3, -0.25) is 0 Å². The molecule has 0 saturated heterocycles. The lowest BCUT2D eigenvalue weighted by Gasteiger charge is -2.06. The first-order chi connectivity index (χ1) is 6.31. The zero-order valence-electron chi connectivity index (χ0n) is 7.99. The van der Waals surface area contributed by atoms with Crippen molar-refractivity contribution in [2.24, 2.45) is 5.73 Å². The van der Waals surface area contributed by atoms with Crippen molar-refractivity contribution in [1.82, 2.24) is 0 Å². The molecule has 0 aliphatic rings. The molecule has 2 N–H and O–H groups in total. The van der Waals surface area contributed by atoms with E-state index in [0.29, 0.717) is 12.1 Å². The third-order valence-electron chi connectivity index (χ3n) is 1.83. The van der Waals surface area contributed by atoms with Crippen LogP contribution >= 0.6 is 12.4 Å². The van der Waals surface area contributed by atoms with E-state index < -0.39 is 0 Å². The third kappa shape index (κ3) is 2.91. The highest BCUT2D eigenvalue weighted by atomic mass is 35.5. The number of nitriles is 1. The number of nitrogens with two attached hydrogens (primary N) is 1. The number of benzene rings is 1. The Labute approximate surface area is 89.9 Å². The van der Waals surface area contributed by atoms with Gasteiger partial charge in [-0.25, -0.2) is 0 Å². The average molecular weight is 213 g/mol. The predicted octanol–water partition coefficient (Wildman–Crippen LogP) is 1.49. The van der Waals surface area contributed by atoms with E-state index in [1.165, 1.54) is 0 Å². The summed E-state index contributed by atoms with van der Waals surface area (Å²) in [6.07, 6.45) is 0.773. The molecule has 0 unspecified atom stereocenters. The molecule has 0 radical (unpaired) electrons. The van der Waals surface area contributed by atoms with Gasteiger partial charge in [-0.2, -0.15) is 5.26 Å². The molecule has 0 spiro atoms. The van der Waals surface area contributed by atoms with Crippen LogP contribution in [0.4, 0.5) is 0 Å². The molecule has 0 aliphatic heterocycles. The van der Waals surface area contributed by atoms with Crippen molar-refractivity contribution in [3.05, 3.63) is 29.3 Å². The monoisotopic (exact) mass is 212 g/mol.